The summed E-state index contributed by atoms with van der Waals surface area (Å²) in [6.45, 7) is 1.82. The third-order valence-electron chi connectivity index (χ3n) is 2.49. The highest BCUT2D eigenvalue weighted by Gasteiger charge is 2.16. The number of nitriles is 3. The maximum atomic E-state index is 9.95. The van der Waals surface area contributed by atoms with Gasteiger partial charge in [0.05, 0.1) is 10.7 Å². The van der Waals surface area contributed by atoms with E-state index in [1.165, 1.54) is 6.07 Å². The highest BCUT2D eigenvalue weighted by atomic mass is 35.5. The number of phenolic OH excluding ortho intramolecular Hbond substituents is 1. The summed E-state index contributed by atoms with van der Waals surface area (Å²) < 4.78 is 0. The van der Waals surface area contributed by atoms with Crippen LogP contribution in [-0.2, 0) is 6.42 Å². The Morgan fingerprint density at radius 3 is 2.30 bits per heavy atom. The normalized spacial score (nSPS) is 9.00. The van der Waals surface area contributed by atoms with Crippen LogP contribution in [0, 0.1) is 34.0 Å². The Hall–Kier alpha value is -2.39. The van der Waals surface area contributed by atoms with E-state index in [9.17, 15) is 5.11 Å². The number of phenols is 1. The van der Waals surface area contributed by atoms with E-state index in [2.05, 4.69) is 5.32 Å². The topological polar surface area (TPSA) is 104 Å². The van der Waals surface area contributed by atoms with Crippen molar-refractivity contribution in [1.29, 1.82) is 15.8 Å². The molecule has 5 nitrogen and oxygen atoms in total. The van der Waals surface area contributed by atoms with Gasteiger partial charge in [-0.3, -0.25) is 0 Å². The summed E-state index contributed by atoms with van der Waals surface area (Å²) >= 11 is 12.0. The number of hydrogen-bond acceptors (Lipinski definition) is 5. The zero-order chi connectivity index (χ0) is 15.3. The molecule has 0 amide bonds. The van der Waals surface area contributed by atoms with Crippen molar-refractivity contribution in [3.8, 4) is 24.0 Å². The van der Waals surface area contributed by atoms with Gasteiger partial charge in [0.15, 0.2) is 11.3 Å². The molecule has 2 N–H and O–H groups in total. The Labute approximate surface area is 125 Å². The van der Waals surface area contributed by atoms with E-state index in [0.29, 0.717) is 17.0 Å². The smallest absolute Gasteiger partial charge is 0.163 e. The molecule has 0 heterocycles. The predicted molar refractivity (Wildman–Crippen MR) is 75.0 cm³/mol. The van der Waals surface area contributed by atoms with Crippen molar-refractivity contribution in [2.24, 2.45) is 0 Å². The van der Waals surface area contributed by atoms with E-state index in [1.807, 2.05) is 6.92 Å². The first-order valence-corrected chi connectivity index (χ1v) is 6.17. The molecule has 100 valence electrons. The van der Waals surface area contributed by atoms with Crippen LogP contribution in [0.25, 0.3) is 0 Å². The maximum absolute atomic E-state index is 9.95. The zero-order valence-electron chi connectivity index (χ0n) is 10.3. The van der Waals surface area contributed by atoms with Crippen LogP contribution in [0.2, 0.25) is 10.0 Å². The lowest BCUT2D eigenvalue weighted by Crippen LogP contribution is -2.02. The van der Waals surface area contributed by atoms with E-state index in [1.54, 1.807) is 18.2 Å². The molecule has 0 unspecified atom stereocenters. The summed E-state index contributed by atoms with van der Waals surface area (Å²) in [4.78, 5) is 0. The van der Waals surface area contributed by atoms with Crippen molar-refractivity contribution < 1.29 is 5.11 Å². The molecule has 0 aliphatic heterocycles. The summed E-state index contributed by atoms with van der Waals surface area (Å²) in [5.74, 6) is -0.295. The molecule has 20 heavy (non-hydrogen) atoms. The molecule has 0 spiro atoms. The number of aromatic hydroxyl groups is 1. The fourth-order valence-electron chi connectivity index (χ4n) is 1.49. The molecule has 0 radical (unpaired) electrons. The van der Waals surface area contributed by atoms with Crippen LogP contribution < -0.4 is 5.32 Å². The second kappa shape index (κ2) is 6.68. The van der Waals surface area contributed by atoms with Crippen molar-refractivity contribution in [1.82, 2.24) is 0 Å². The molecule has 7 heteroatoms. The molecule has 0 aromatic heterocycles. The molecule has 0 saturated carbocycles. The number of halogens is 2. The first-order valence-electron chi connectivity index (χ1n) is 5.41. The fraction of sp³-hybridized carbons (Fsp3) is 0.154. The van der Waals surface area contributed by atoms with Crippen molar-refractivity contribution in [2.45, 2.75) is 13.3 Å². The van der Waals surface area contributed by atoms with Gasteiger partial charge in [-0.25, -0.2) is 0 Å². The molecule has 0 saturated heterocycles. The minimum atomic E-state index is -0.404. The Morgan fingerprint density at radius 1 is 1.25 bits per heavy atom. The molecule has 0 fully saturated rings. The number of nitrogens with zero attached hydrogens (tertiary/aromatic N) is 3. The average molecular weight is 307 g/mol. The highest BCUT2D eigenvalue weighted by Crippen LogP contribution is 2.40. The molecule has 0 aliphatic rings. The summed E-state index contributed by atoms with van der Waals surface area (Å²) in [5.41, 5.74) is -0.0724. The first kappa shape index (κ1) is 15.7. The van der Waals surface area contributed by atoms with Crippen LogP contribution in [0.3, 0.4) is 0 Å². The zero-order valence-corrected chi connectivity index (χ0v) is 11.8. The second-order valence-corrected chi connectivity index (χ2v) is 4.40. The fourth-order valence-corrected chi connectivity index (χ4v) is 2.21. The number of anilines is 1. The molecular formula is C13H8Cl2N4O. The maximum Gasteiger partial charge on any atom is 0.163 e. The van der Waals surface area contributed by atoms with Crippen LogP contribution in [0.15, 0.2) is 17.3 Å². The van der Waals surface area contributed by atoms with Gasteiger partial charge in [-0.15, -0.1) is 0 Å². The Bertz CT molecular complexity index is 689. The van der Waals surface area contributed by atoms with Crippen LogP contribution in [-0.4, -0.2) is 5.11 Å². The van der Waals surface area contributed by atoms with Crippen LogP contribution in [0.5, 0.6) is 5.75 Å². The van der Waals surface area contributed by atoms with Crippen LogP contribution in [0.1, 0.15) is 12.5 Å². The van der Waals surface area contributed by atoms with Crippen molar-refractivity contribution in [3.05, 3.63) is 32.9 Å². The quantitative estimate of drug-likeness (QED) is 0.657. The molecule has 0 atom stereocenters. The van der Waals surface area contributed by atoms with E-state index in [4.69, 9.17) is 39.0 Å². The predicted octanol–water partition coefficient (Wildman–Crippen LogP) is 3.50. The van der Waals surface area contributed by atoms with Gasteiger partial charge in [-0.05, 0) is 18.1 Å². The number of allylic oxidation sites excluding steroid dienone is 2. The van der Waals surface area contributed by atoms with Crippen molar-refractivity contribution >= 4 is 28.9 Å². The lowest BCUT2D eigenvalue weighted by Gasteiger charge is -2.12. The lowest BCUT2D eigenvalue weighted by molar-refractivity contribution is 0.477. The van der Waals surface area contributed by atoms with Gasteiger partial charge in [0.25, 0.3) is 0 Å². The van der Waals surface area contributed by atoms with Gasteiger partial charge in [0, 0.05) is 5.02 Å². The molecule has 0 aliphatic carbocycles. The van der Waals surface area contributed by atoms with Gasteiger partial charge in [0.2, 0.25) is 0 Å². The highest BCUT2D eigenvalue weighted by molar-refractivity contribution is 6.37. The summed E-state index contributed by atoms with van der Waals surface area (Å²) in [7, 11) is 0. The second-order valence-electron chi connectivity index (χ2n) is 3.61. The Balaban J connectivity index is 3.39. The Kier molecular flexibility index (Phi) is 5.23. The number of rotatable bonds is 3. The van der Waals surface area contributed by atoms with Gasteiger partial charge in [-0.1, -0.05) is 30.1 Å². The minimum absolute atomic E-state index is 0.0525. The van der Waals surface area contributed by atoms with Crippen LogP contribution in [0.4, 0.5) is 5.69 Å². The number of hydrogen-bond donors (Lipinski definition) is 2. The van der Waals surface area contributed by atoms with Gasteiger partial charge in [-0.2, -0.15) is 15.8 Å². The van der Waals surface area contributed by atoms with Gasteiger partial charge in [0.1, 0.15) is 23.9 Å². The molecule has 1 rings (SSSR count). The van der Waals surface area contributed by atoms with Crippen molar-refractivity contribution in [2.75, 3.05) is 5.32 Å². The summed E-state index contributed by atoms with van der Waals surface area (Å²) in [6.07, 6.45) is 0.522. The standard InChI is InChI=1S/C13H8Cl2N4O/c1-2-8-9(14)3-10(13(20)12(8)15)19-11(6-18)7(4-16)5-17/h3,19-20H,2H2,1H3. The lowest BCUT2D eigenvalue weighted by atomic mass is 10.1. The van der Waals surface area contributed by atoms with Gasteiger partial charge >= 0.3 is 0 Å². The monoisotopic (exact) mass is 306 g/mol. The molecular weight excluding hydrogens is 299 g/mol. The number of benzene rings is 1. The van der Waals surface area contributed by atoms with E-state index in [0.717, 1.165) is 0 Å². The summed E-state index contributed by atoms with van der Waals surface area (Å²) in [6, 6.07) is 6.21. The molecule has 0 bridgehead atoms. The Morgan fingerprint density at radius 2 is 1.85 bits per heavy atom. The molecule has 1 aromatic carbocycles. The number of nitrogens with one attached hydrogen (secondary N) is 1. The SMILES string of the molecule is CCc1c(Cl)cc(NC(C#N)=C(C#N)C#N)c(O)c1Cl. The summed E-state index contributed by atoms with van der Waals surface area (Å²) in [5, 5.41) is 39.2. The largest absolute Gasteiger partial charge is 0.504 e. The average Bonchev–Trinajstić information content (AvgIpc) is 2.44. The van der Waals surface area contributed by atoms with E-state index >= 15 is 0 Å². The van der Waals surface area contributed by atoms with Crippen LogP contribution >= 0.6 is 23.2 Å². The molecule has 1 aromatic rings. The van der Waals surface area contributed by atoms with Crippen molar-refractivity contribution in [3.63, 3.8) is 0 Å². The first-order chi connectivity index (χ1) is 9.49. The van der Waals surface area contributed by atoms with E-state index in [-0.39, 0.29) is 22.2 Å². The van der Waals surface area contributed by atoms with Gasteiger partial charge < -0.3 is 10.4 Å². The van der Waals surface area contributed by atoms with E-state index < -0.39 is 5.57 Å². The third kappa shape index (κ3) is 2.95. The minimum Gasteiger partial charge on any atom is -0.504 e. The third-order valence-corrected chi connectivity index (χ3v) is 3.23.